The van der Waals surface area contributed by atoms with Gasteiger partial charge in [-0.25, -0.2) is 0 Å². The zero-order valence-electron chi connectivity index (χ0n) is 12.3. The summed E-state index contributed by atoms with van der Waals surface area (Å²) in [6.45, 7) is 2.82. The first-order chi connectivity index (χ1) is 10.1. The normalized spacial score (nSPS) is 14.8. The van der Waals surface area contributed by atoms with Crippen molar-refractivity contribution in [2.75, 3.05) is 0 Å². The number of nitrogens with zero attached hydrogens (tertiary/aromatic N) is 5. The molecule has 112 valence electrons. The van der Waals surface area contributed by atoms with Crippen molar-refractivity contribution in [2.45, 2.75) is 49.3 Å². The number of aryl methyl sites for hydroxylation is 3. The Hall–Kier alpha value is -1.83. The van der Waals surface area contributed by atoms with E-state index in [9.17, 15) is 0 Å². The van der Waals surface area contributed by atoms with Gasteiger partial charge in [-0.05, 0) is 31.5 Å². The number of fused-ring (bicyclic) bond motifs is 1. The van der Waals surface area contributed by atoms with Gasteiger partial charge in [0.15, 0.2) is 5.16 Å². The summed E-state index contributed by atoms with van der Waals surface area (Å²) >= 11 is 1.49. The quantitative estimate of drug-likeness (QED) is 0.661. The van der Waals surface area contributed by atoms with Crippen LogP contribution in [0.5, 0.6) is 0 Å². The lowest BCUT2D eigenvalue weighted by Crippen LogP contribution is -2.13. The highest BCUT2D eigenvalue weighted by Crippen LogP contribution is 2.31. The molecule has 0 spiro atoms. The molecule has 3 heterocycles. The van der Waals surface area contributed by atoms with Gasteiger partial charge in [0, 0.05) is 20.0 Å². The summed E-state index contributed by atoms with van der Waals surface area (Å²) in [5.74, 6) is 1.09. The third kappa shape index (κ3) is 2.55. The Labute approximate surface area is 127 Å². The molecule has 2 aromatic heterocycles. The van der Waals surface area contributed by atoms with Gasteiger partial charge in [0.25, 0.3) is 0 Å². The molecular weight excluding hydrogens is 286 g/mol. The second-order valence-electron chi connectivity index (χ2n) is 5.27. The summed E-state index contributed by atoms with van der Waals surface area (Å²) in [5.41, 5.74) is 7.15. The molecule has 0 atom stereocenters. The Morgan fingerprint density at radius 1 is 1.29 bits per heavy atom. The Balaban J connectivity index is 1.98. The summed E-state index contributed by atoms with van der Waals surface area (Å²) in [6.07, 6.45) is 4.55. The number of aromatic nitrogens is 5. The SMILES string of the molecule is Cc1nn(C)c(Sc2nnc3n2CCCCC3)c1C(=N)N. The molecule has 0 amide bonds. The number of hydrogen-bond donors (Lipinski definition) is 2. The van der Waals surface area contributed by atoms with Crippen LogP contribution in [-0.4, -0.2) is 30.4 Å². The predicted molar refractivity (Wildman–Crippen MR) is 80.7 cm³/mol. The summed E-state index contributed by atoms with van der Waals surface area (Å²) in [6, 6.07) is 0. The maximum Gasteiger partial charge on any atom is 0.197 e. The topological polar surface area (TPSA) is 98.4 Å². The molecule has 0 radical (unpaired) electrons. The van der Waals surface area contributed by atoms with Crippen molar-refractivity contribution >= 4 is 17.6 Å². The summed E-state index contributed by atoms with van der Waals surface area (Å²) in [5, 5.41) is 22.4. The lowest BCUT2D eigenvalue weighted by Gasteiger charge is -2.08. The molecule has 0 saturated carbocycles. The van der Waals surface area contributed by atoms with E-state index in [2.05, 4.69) is 19.9 Å². The molecule has 0 saturated heterocycles. The molecule has 8 heteroatoms. The third-order valence-corrected chi connectivity index (χ3v) is 4.85. The van der Waals surface area contributed by atoms with Crippen molar-refractivity contribution in [1.82, 2.24) is 24.5 Å². The second-order valence-corrected chi connectivity index (χ2v) is 6.22. The van der Waals surface area contributed by atoms with Crippen LogP contribution in [0.2, 0.25) is 0 Å². The predicted octanol–water partition coefficient (Wildman–Crippen LogP) is 1.48. The number of hydrogen-bond acceptors (Lipinski definition) is 5. The highest BCUT2D eigenvalue weighted by molar-refractivity contribution is 7.99. The van der Waals surface area contributed by atoms with Crippen molar-refractivity contribution in [3.8, 4) is 0 Å². The minimum atomic E-state index is 0.0405. The van der Waals surface area contributed by atoms with Crippen LogP contribution in [0.1, 0.15) is 36.3 Å². The molecule has 3 rings (SSSR count). The number of nitrogens with two attached hydrogens (primary N) is 1. The monoisotopic (exact) mass is 305 g/mol. The Kier molecular flexibility index (Phi) is 3.71. The van der Waals surface area contributed by atoms with Crippen molar-refractivity contribution in [3.63, 3.8) is 0 Å². The van der Waals surface area contributed by atoms with Crippen molar-refractivity contribution in [1.29, 1.82) is 5.41 Å². The van der Waals surface area contributed by atoms with Gasteiger partial charge in [-0.1, -0.05) is 6.42 Å². The van der Waals surface area contributed by atoms with E-state index in [-0.39, 0.29) is 5.84 Å². The van der Waals surface area contributed by atoms with E-state index in [4.69, 9.17) is 11.1 Å². The van der Waals surface area contributed by atoms with Crippen molar-refractivity contribution in [2.24, 2.45) is 12.8 Å². The molecule has 0 aromatic carbocycles. The lowest BCUT2D eigenvalue weighted by molar-refractivity contribution is 0.589. The maximum absolute atomic E-state index is 7.75. The molecule has 3 N–H and O–H groups in total. The van der Waals surface area contributed by atoms with Crippen LogP contribution in [0, 0.1) is 12.3 Å². The van der Waals surface area contributed by atoms with Crippen molar-refractivity contribution in [3.05, 3.63) is 17.1 Å². The van der Waals surface area contributed by atoms with Crippen LogP contribution in [0.3, 0.4) is 0 Å². The molecule has 7 nitrogen and oxygen atoms in total. The van der Waals surface area contributed by atoms with E-state index >= 15 is 0 Å². The van der Waals surface area contributed by atoms with Crippen LogP contribution in [0.15, 0.2) is 10.2 Å². The van der Waals surface area contributed by atoms with Gasteiger partial charge in [0.05, 0.1) is 11.3 Å². The van der Waals surface area contributed by atoms with E-state index in [0.29, 0.717) is 5.56 Å². The van der Waals surface area contributed by atoms with Gasteiger partial charge in [-0.2, -0.15) is 5.10 Å². The summed E-state index contributed by atoms with van der Waals surface area (Å²) in [4.78, 5) is 0. The highest BCUT2D eigenvalue weighted by atomic mass is 32.2. The van der Waals surface area contributed by atoms with E-state index in [1.165, 1.54) is 24.6 Å². The fraction of sp³-hybridized carbons (Fsp3) is 0.538. The van der Waals surface area contributed by atoms with Crippen LogP contribution in [0.25, 0.3) is 0 Å². The van der Waals surface area contributed by atoms with Gasteiger partial charge in [-0.15, -0.1) is 10.2 Å². The number of nitrogens with one attached hydrogen (secondary N) is 1. The smallest absolute Gasteiger partial charge is 0.197 e. The zero-order chi connectivity index (χ0) is 15.0. The number of nitrogen functional groups attached to an aromatic ring is 1. The number of amidine groups is 1. The molecule has 0 unspecified atom stereocenters. The van der Waals surface area contributed by atoms with Gasteiger partial charge < -0.3 is 10.3 Å². The van der Waals surface area contributed by atoms with Crippen molar-refractivity contribution < 1.29 is 0 Å². The summed E-state index contributed by atoms with van der Waals surface area (Å²) < 4.78 is 3.94. The molecule has 0 bridgehead atoms. The Morgan fingerprint density at radius 3 is 2.86 bits per heavy atom. The lowest BCUT2D eigenvalue weighted by atomic mass is 10.2. The van der Waals surface area contributed by atoms with E-state index in [0.717, 1.165) is 41.1 Å². The Bertz CT molecular complexity index is 685. The van der Waals surface area contributed by atoms with Crippen LogP contribution < -0.4 is 5.73 Å². The molecule has 1 aliphatic rings. The molecule has 1 aliphatic heterocycles. The fourth-order valence-electron chi connectivity index (χ4n) is 2.68. The first-order valence-corrected chi connectivity index (χ1v) is 7.87. The van der Waals surface area contributed by atoms with Crippen LogP contribution in [-0.2, 0) is 20.0 Å². The first kappa shape index (κ1) is 14.1. The highest BCUT2D eigenvalue weighted by Gasteiger charge is 2.21. The standard InChI is InChI=1S/C13H19N7S/c1-8-10(11(14)15)12(19(2)18-8)21-13-17-16-9-6-4-3-5-7-20(9)13/h3-7H2,1-2H3,(H3,14,15). The number of rotatable bonds is 3. The Morgan fingerprint density at radius 2 is 2.10 bits per heavy atom. The van der Waals surface area contributed by atoms with Gasteiger partial charge in [0.2, 0.25) is 0 Å². The largest absolute Gasteiger partial charge is 0.384 e. The average molecular weight is 305 g/mol. The minimum Gasteiger partial charge on any atom is -0.384 e. The molecule has 21 heavy (non-hydrogen) atoms. The van der Waals surface area contributed by atoms with Crippen LogP contribution >= 0.6 is 11.8 Å². The van der Waals surface area contributed by atoms with Gasteiger partial charge in [-0.3, -0.25) is 10.1 Å². The molecule has 2 aromatic rings. The third-order valence-electron chi connectivity index (χ3n) is 3.70. The average Bonchev–Trinajstić information content (AvgIpc) is 2.82. The molecular formula is C13H19N7S. The second kappa shape index (κ2) is 5.51. The zero-order valence-corrected chi connectivity index (χ0v) is 13.1. The minimum absolute atomic E-state index is 0.0405. The fourth-order valence-corrected chi connectivity index (χ4v) is 3.78. The van der Waals surface area contributed by atoms with E-state index < -0.39 is 0 Å². The van der Waals surface area contributed by atoms with E-state index in [1.54, 1.807) is 4.68 Å². The van der Waals surface area contributed by atoms with E-state index in [1.807, 2.05) is 14.0 Å². The maximum atomic E-state index is 7.75. The summed E-state index contributed by atoms with van der Waals surface area (Å²) in [7, 11) is 1.86. The molecule has 0 fully saturated rings. The van der Waals surface area contributed by atoms with Gasteiger partial charge >= 0.3 is 0 Å². The van der Waals surface area contributed by atoms with Crippen LogP contribution in [0.4, 0.5) is 0 Å². The molecule has 0 aliphatic carbocycles. The first-order valence-electron chi connectivity index (χ1n) is 7.06. The van der Waals surface area contributed by atoms with Gasteiger partial charge in [0.1, 0.15) is 16.7 Å².